The first kappa shape index (κ1) is 24.2. The van der Waals surface area contributed by atoms with Gasteiger partial charge in [-0.25, -0.2) is 4.98 Å². The van der Waals surface area contributed by atoms with Crippen LogP contribution in [0.15, 0.2) is 5.38 Å². The first-order valence-corrected chi connectivity index (χ1v) is 12.9. The van der Waals surface area contributed by atoms with Gasteiger partial charge in [-0.1, -0.05) is 33.6 Å². The predicted octanol–water partition coefficient (Wildman–Crippen LogP) is 4.05. The van der Waals surface area contributed by atoms with E-state index in [0.717, 1.165) is 70.8 Å². The van der Waals surface area contributed by atoms with Crippen molar-refractivity contribution in [1.29, 1.82) is 0 Å². The summed E-state index contributed by atoms with van der Waals surface area (Å²) in [6.45, 7) is 12.7. The number of likely N-dealkylation sites (tertiary alicyclic amines) is 1. The smallest absolute Gasteiger partial charge is 0.222 e. The minimum absolute atomic E-state index is 0.0968. The van der Waals surface area contributed by atoms with Crippen LogP contribution in [0.4, 0.5) is 0 Å². The summed E-state index contributed by atoms with van der Waals surface area (Å²) in [7, 11) is 0. The molecule has 3 rings (SSSR count). The first-order chi connectivity index (χ1) is 14.8. The van der Waals surface area contributed by atoms with Gasteiger partial charge >= 0.3 is 0 Å². The van der Waals surface area contributed by atoms with E-state index in [9.17, 15) is 9.59 Å². The highest BCUT2D eigenvalue weighted by Crippen LogP contribution is 2.26. The van der Waals surface area contributed by atoms with Crippen molar-refractivity contribution in [2.75, 3.05) is 39.3 Å². The maximum atomic E-state index is 12.7. The van der Waals surface area contributed by atoms with Crippen molar-refractivity contribution in [3.8, 4) is 0 Å². The summed E-state index contributed by atoms with van der Waals surface area (Å²) in [6.07, 6.45) is 7.35. The Balaban J connectivity index is 1.39. The fraction of sp³-hybridized carbons (Fsp3) is 0.792. The van der Waals surface area contributed by atoms with Gasteiger partial charge in [0.1, 0.15) is 0 Å². The van der Waals surface area contributed by atoms with Crippen molar-refractivity contribution in [2.24, 2.45) is 0 Å². The van der Waals surface area contributed by atoms with Crippen molar-refractivity contribution < 1.29 is 9.59 Å². The number of hydrogen-bond acceptors (Lipinski definition) is 5. The Bertz CT molecular complexity index is 719. The van der Waals surface area contributed by atoms with E-state index in [4.69, 9.17) is 4.98 Å². The number of thiazole rings is 1. The number of rotatable bonds is 6. The lowest BCUT2D eigenvalue weighted by Gasteiger charge is -2.22. The normalized spacial score (nSPS) is 19.2. The Morgan fingerprint density at radius 3 is 2.10 bits per heavy atom. The third-order valence-electron chi connectivity index (χ3n) is 6.26. The van der Waals surface area contributed by atoms with Crippen LogP contribution in [0.2, 0.25) is 0 Å². The molecule has 1 aromatic rings. The molecule has 2 fully saturated rings. The largest absolute Gasteiger partial charge is 0.343 e. The van der Waals surface area contributed by atoms with Crippen LogP contribution >= 0.6 is 11.3 Å². The number of aromatic nitrogens is 1. The number of nitrogens with zero attached hydrogens (tertiary/aromatic N) is 4. The fourth-order valence-corrected chi connectivity index (χ4v) is 5.26. The van der Waals surface area contributed by atoms with Gasteiger partial charge in [0.15, 0.2) is 0 Å². The van der Waals surface area contributed by atoms with Crippen molar-refractivity contribution in [1.82, 2.24) is 19.7 Å². The van der Waals surface area contributed by atoms with Gasteiger partial charge in [-0.05, 0) is 25.7 Å². The fourth-order valence-electron chi connectivity index (χ4n) is 4.36. The van der Waals surface area contributed by atoms with Crippen molar-refractivity contribution in [3.63, 3.8) is 0 Å². The molecule has 2 aliphatic rings. The van der Waals surface area contributed by atoms with Gasteiger partial charge in [-0.15, -0.1) is 11.3 Å². The molecule has 7 heteroatoms. The molecule has 0 unspecified atom stereocenters. The molecule has 0 radical (unpaired) electrons. The van der Waals surface area contributed by atoms with Crippen LogP contribution in [0, 0.1) is 0 Å². The molecule has 0 atom stereocenters. The third-order valence-corrected chi connectivity index (χ3v) is 7.58. The van der Waals surface area contributed by atoms with E-state index in [1.165, 1.54) is 17.8 Å². The highest BCUT2D eigenvalue weighted by Gasteiger charge is 2.22. The molecule has 0 spiro atoms. The van der Waals surface area contributed by atoms with Crippen LogP contribution in [0.3, 0.4) is 0 Å². The summed E-state index contributed by atoms with van der Waals surface area (Å²) in [5.74, 6) is 0.434. The zero-order valence-corrected chi connectivity index (χ0v) is 20.5. The Labute approximate surface area is 192 Å². The quantitative estimate of drug-likeness (QED) is 0.659. The zero-order chi connectivity index (χ0) is 22.3. The summed E-state index contributed by atoms with van der Waals surface area (Å²) >= 11 is 1.75. The number of carbonyl (C=O) groups is 2. The van der Waals surface area contributed by atoms with E-state index in [0.29, 0.717) is 19.3 Å². The Morgan fingerprint density at radius 1 is 0.871 bits per heavy atom. The average molecular weight is 449 g/mol. The summed E-state index contributed by atoms with van der Waals surface area (Å²) in [5, 5.41) is 3.36. The maximum absolute atomic E-state index is 12.7. The third kappa shape index (κ3) is 7.56. The number of amides is 2. The minimum atomic E-state index is 0.0968. The molecule has 0 aliphatic carbocycles. The second kappa shape index (κ2) is 11.4. The second-order valence-corrected chi connectivity index (χ2v) is 10.9. The van der Waals surface area contributed by atoms with Gasteiger partial charge < -0.3 is 9.80 Å². The van der Waals surface area contributed by atoms with Crippen LogP contribution < -0.4 is 0 Å². The van der Waals surface area contributed by atoms with Gasteiger partial charge in [-0.3, -0.25) is 14.5 Å². The molecular formula is C24H40N4O2S. The second-order valence-electron chi connectivity index (χ2n) is 10.1. The molecule has 2 aliphatic heterocycles. The molecule has 0 N–H and O–H groups in total. The first-order valence-electron chi connectivity index (χ1n) is 12.1. The summed E-state index contributed by atoms with van der Waals surface area (Å²) in [6, 6.07) is 0. The maximum Gasteiger partial charge on any atom is 0.222 e. The van der Waals surface area contributed by atoms with Crippen LogP contribution in [0.1, 0.15) is 82.8 Å². The molecule has 31 heavy (non-hydrogen) atoms. The van der Waals surface area contributed by atoms with Crippen LogP contribution in [-0.2, 0) is 21.5 Å². The Kier molecular flexibility index (Phi) is 8.90. The van der Waals surface area contributed by atoms with E-state index in [2.05, 4.69) is 31.1 Å². The highest BCUT2D eigenvalue weighted by atomic mass is 32.1. The lowest BCUT2D eigenvalue weighted by atomic mass is 9.98. The zero-order valence-electron chi connectivity index (χ0n) is 19.7. The molecule has 0 bridgehead atoms. The molecule has 3 heterocycles. The summed E-state index contributed by atoms with van der Waals surface area (Å²) in [5.41, 5.74) is 1.24. The SMILES string of the molecule is CC(C)(C)c1nc(CN2CCCN(C(=O)CCCC(=O)N3CCCCCC3)CC2)cs1. The van der Waals surface area contributed by atoms with E-state index < -0.39 is 0 Å². The van der Waals surface area contributed by atoms with E-state index in [-0.39, 0.29) is 17.2 Å². The molecule has 6 nitrogen and oxygen atoms in total. The lowest BCUT2D eigenvalue weighted by molar-refractivity contribution is -0.132. The average Bonchev–Trinajstić information content (AvgIpc) is 2.91. The van der Waals surface area contributed by atoms with Crippen molar-refractivity contribution in [2.45, 2.75) is 84.1 Å². The Morgan fingerprint density at radius 2 is 1.48 bits per heavy atom. The van der Waals surface area contributed by atoms with Crippen molar-refractivity contribution >= 4 is 23.2 Å². The van der Waals surface area contributed by atoms with E-state index >= 15 is 0 Å². The predicted molar refractivity (Wildman–Crippen MR) is 126 cm³/mol. The number of hydrogen-bond donors (Lipinski definition) is 0. The summed E-state index contributed by atoms with van der Waals surface area (Å²) in [4.78, 5) is 36.4. The van der Waals surface area contributed by atoms with Gasteiger partial charge in [0, 0.05) is 69.4 Å². The van der Waals surface area contributed by atoms with E-state index in [1.54, 1.807) is 11.3 Å². The van der Waals surface area contributed by atoms with Crippen LogP contribution in [0.25, 0.3) is 0 Å². The monoisotopic (exact) mass is 448 g/mol. The highest BCUT2D eigenvalue weighted by molar-refractivity contribution is 7.09. The topological polar surface area (TPSA) is 56.8 Å². The van der Waals surface area contributed by atoms with Gasteiger partial charge in [-0.2, -0.15) is 0 Å². The van der Waals surface area contributed by atoms with Gasteiger partial charge in [0.05, 0.1) is 10.7 Å². The van der Waals surface area contributed by atoms with Gasteiger partial charge in [0.25, 0.3) is 0 Å². The van der Waals surface area contributed by atoms with Gasteiger partial charge in [0.2, 0.25) is 11.8 Å². The molecule has 174 valence electrons. The van der Waals surface area contributed by atoms with Crippen molar-refractivity contribution in [3.05, 3.63) is 16.1 Å². The molecular weight excluding hydrogens is 408 g/mol. The minimum Gasteiger partial charge on any atom is -0.343 e. The van der Waals surface area contributed by atoms with E-state index in [1.807, 2.05) is 9.80 Å². The molecule has 1 aromatic heterocycles. The summed E-state index contributed by atoms with van der Waals surface area (Å²) < 4.78 is 0. The standard InChI is InChI=1S/C24H40N4O2S/c1-24(2,3)23-25-20(19-31-23)18-26-12-9-15-28(17-16-26)22(30)11-8-10-21(29)27-13-6-4-5-7-14-27/h19H,4-18H2,1-3H3. The lowest BCUT2D eigenvalue weighted by Crippen LogP contribution is -2.35. The molecule has 2 amide bonds. The van der Waals surface area contributed by atoms with Crippen LogP contribution in [0.5, 0.6) is 0 Å². The number of carbonyl (C=O) groups excluding carboxylic acids is 2. The molecule has 0 aromatic carbocycles. The van der Waals surface area contributed by atoms with Crippen LogP contribution in [-0.4, -0.2) is 70.8 Å². The molecule has 2 saturated heterocycles. The Hall–Kier alpha value is -1.47. The molecule has 0 saturated carbocycles.